The lowest BCUT2D eigenvalue weighted by atomic mass is 9.82. The molecule has 0 saturated carbocycles. The third-order valence-electron chi connectivity index (χ3n) is 4.08. The van der Waals surface area contributed by atoms with Crippen molar-refractivity contribution in [3.63, 3.8) is 0 Å². The second-order valence-corrected chi connectivity index (χ2v) is 7.08. The van der Waals surface area contributed by atoms with E-state index in [4.69, 9.17) is 15.2 Å². The van der Waals surface area contributed by atoms with Crippen LogP contribution in [-0.4, -0.2) is 30.8 Å². The van der Waals surface area contributed by atoms with Gasteiger partial charge < -0.3 is 20.5 Å². The molecule has 7 nitrogen and oxygen atoms in total. The Morgan fingerprint density at radius 1 is 1.38 bits per heavy atom. The largest absolute Gasteiger partial charge is 0.494 e. The van der Waals surface area contributed by atoms with Gasteiger partial charge in [0.05, 0.1) is 40.5 Å². The molecule has 0 aromatic heterocycles. The molecule has 0 radical (unpaired) electrons. The number of dihydropyridines is 1. The maximum Gasteiger partial charge on any atom is 0.337 e. The van der Waals surface area contributed by atoms with Crippen molar-refractivity contribution in [3.8, 4) is 11.8 Å². The van der Waals surface area contributed by atoms with Gasteiger partial charge in [-0.2, -0.15) is 5.26 Å². The van der Waals surface area contributed by atoms with Crippen molar-refractivity contribution in [3.05, 3.63) is 64.4 Å². The van der Waals surface area contributed by atoms with Gasteiger partial charge in [-0.05, 0) is 31.5 Å². The van der Waals surface area contributed by atoms with Crippen LogP contribution < -0.4 is 15.8 Å². The molecular weight excluding hydrogens is 390 g/mol. The van der Waals surface area contributed by atoms with E-state index in [9.17, 15) is 14.9 Å². The summed E-state index contributed by atoms with van der Waals surface area (Å²) in [5.41, 5.74) is 7.17. The Hall–Kier alpha value is -3.18. The molecule has 1 atom stereocenters. The first-order chi connectivity index (χ1) is 13.9. The van der Waals surface area contributed by atoms with Crippen molar-refractivity contribution in [2.24, 2.45) is 5.73 Å². The van der Waals surface area contributed by atoms with Gasteiger partial charge in [-0.1, -0.05) is 36.5 Å². The van der Waals surface area contributed by atoms with E-state index in [1.807, 2.05) is 19.1 Å². The topological polar surface area (TPSA) is 114 Å². The normalized spacial score (nSPS) is 16.0. The number of nitriles is 1. The van der Waals surface area contributed by atoms with Crippen LogP contribution in [0.25, 0.3) is 0 Å². The average molecular weight is 413 g/mol. The summed E-state index contributed by atoms with van der Waals surface area (Å²) in [6.45, 7) is 7.75. The molecule has 1 amide bonds. The Kier molecular flexibility index (Phi) is 7.92. The highest BCUT2D eigenvalue weighted by atomic mass is 32.2. The number of hydrogen-bond acceptors (Lipinski definition) is 7. The Morgan fingerprint density at radius 3 is 2.62 bits per heavy atom. The number of nitrogens with two attached hydrogens (primary N) is 1. The quantitative estimate of drug-likeness (QED) is 0.472. The third kappa shape index (κ3) is 5.42. The van der Waals surface area contributed by atoms with Crippen molar-refractivity contribution >= 4 is 23.6 Å². The molecule has 2 rings (SSSR count). The third-order valence-corrected chi connectivity index (χ3v) is 5.12. The maximum absolute atomic E-state index is 12.7. The van der Waals surface area contributed by atoms with E-state index >= 15 is 0 Å². The fourth-order valence-electron chi connectivity index (χ4n) is 2.91. The van der Waals surface area contributed by atoms with Crippen LogP contribution in [0.2, 0.25) is 0 Å². The van der Waals surface area contributed by atoms with Gasteiger partial charge in [0, 0.05) is 5.70 Å². The second kappa shape index (κ2) is 10.4. The molecule has 1 heterocycles. The maximum atomic E-state index is 12.7. The van der Waals surface area contributed by atoms with Crippen molar-refractivity contribution in [2.75, 3.05) is 19.0 Å². The zero-order valence-electron chi connectivity index (χ0n) is 16.4. The summed E-state index contributed by atoms with van der Waals surface area (Å²) >= 11 is 1.13. The number of primary amides is 1. The number of carbonyl (C=O) groups excluding carboxylic acids is 2. The summed E-state index contributed by atoms with van der Waals surface area (Å²) in [6.07, 6.45) is 1.48. The zero-order valence-corrected chi connectivity index (χ0v) is 17.2. The van der Waals surface area contributed by atoms with E-state index in [0.717, 1.165) is 17.3 Å². The molecule has 0 unspecified atom stereocenters. The Morgan fingerprint density at radius 2 is 2.07 bits per heavy atom. The molecule has 0 aliphatic carbocycles. The lowest BCUT2D eigenvalue weighted by molar-refractivity contribution is -0.138. The van der Waals surface area contributed by atoms with Gasteiger partial charge >= 0.3 is 5.97 Å². The summed E-state index contributed by atoms with van der Waals surface area (Å²) in [5, 5.41) is 13.4. The van der Waals surface area contributed by atoms with E-state index < -0.39 is 17.8 Å². The molecule has 3 N–H and O–H groups in total. The molecule has 1 aliphatic rings. The van der Waals surface area contributed by atoms with Crippen molar-refractivity contribution in [1.82, 2.24) is 5.32 Å². The second-order valence-electron chi connectivity index (χ2n) is 6.10. The fraction of sp³-hybridized carbons (Fsp3) is 0.286. The number of allylic oxidation sites excluding steroid dienone is 2. The lowest BCUT2D eigenvalue weighted by Gasteiger charge is -2.29. The zero-order chi connectivity index (χ0) is 21.4. The standard InChI is InChI=1S/C21H23N3O4S/c1-4-10-28-21(26)18-13(3)24-20(29-12-17(23)25)16(11-22)19(18)14-6-8-15(9-7-14)27-5-2/h4,6-9,19,24H,1,5,10,12H2,2-3H3,(H2,23,25)/t19-/m0/s1. The Labute approximate surface area is 174 Å². The summed E-state index contributed by atoms with van der Waals surface area (Å²) in [5.74, 6) is -0.998. The van der Waals surface area contributed by atoms with Crippen molar-refractivity contribution in [1.29, 1.82) is 5.26 Å². The van der Waals surface area contributed by atoms with Gasteiger partial charge in [0.1, 0.15) is 12.4 Å². The summed E-state index contributed by atoms with van der Waals surface area (Å²) in [6, 6.07) is 9.37. The van der Waals surface area contributed by atoms with Crippen LogP contribution >= 0.6 is 11.8 Å². The molecule has 1 aromatic rings. The summed E-state index contributed by atoms with van der Waals surface area (Å²) < 4.78 is 10.7. The lowest BCUT2D eigenvalue weighted by Crippen LogP contribution is -2.29. The molecule has 8 heteroatoms. The predicted octanol–water partition coefficient (Wildman–Crippen LogP) is 2.73. The molecule has 0 bridgehead atoms. The number of thioether (sulfide) groups is 1. The average Bonchev–Trinajstić information content (AvgIpc) is 2.70. The van der Waals surface area contributed by atoms with E-state index in [2.05, 4.69) is 18.0 Å². The van der Waals surface area contributed by atoms with Gasteiger partial charge in [0.2, 0.25) is 5.91 Å². The van der Waals surface area contributed by atoms with E-state index in [0.29, 0.717) is 34.2 Å². The van der Waals surface area contributed by atoms with Gasteiger partial charge in [-0.3, -0.25) is 4.79 Å². The number of rotatable bonds is 9. The van der Waals surface area contributed by atoms with E-state index in [1.165, 1.54) is 6.08 Å². The van der Waals surface area contributed by atoms with Crippen LogP contribution in [0.5, 0.6) is 5.75 Å². The van der Waals surface area contributed by atoms with Crippen LogP contribution in [0.15, 0.2) is 58.8 Å². The fourth-order valence-corrected chi connectivity index (χ4v) is 3.74. The number of nitrogens with zero attached hydrogens (tertiary/aromatic N) is 1. The first-order valence-corrected chi connectivity index (χ1v) is 9.95. The Balaban J connectivity index is 2.53. The van der Waals surface area contributed by atoms with Crippen LogP contribution in [0, 0.1) is 11.3 Å². The first kappa shape index (κ1) is 22.1. The monoisotopic (exact) mass is 413 g/mol. The van der Waals surface area contributed by atoms with Crippen LogP contribution in [0.4, 0.5) is 0 Å². The van der Waals surface area contributed by atoms with Crippen LogP contribution in [0.1, 0.15) is 25.3 Å². The van der Waals surface area contributed by atoms with Gasteiger partial charge in [-0.25, -0.2) is 4.79 Å². The first-order valence-electron chi connectivity index (χ1n) is 8.96. The number of carbonyl (C=O) groups is 2. The number of hydrogen-bond donors (Lipinski definition) is 2. The highest BCUT2D eigenvalue weighted by Gasteiger charge is 2.35. The number of nitrogens with one attached hydrogen (secondary N) is 1. The summed E-state index contributed by atoms with van der Waals surface area (Å²) in [4.78, 5) is 24.0. The van der Waals surface area contributed by atoms with Crippen molar-refractivity contribution in [2.45, 2.75) is 19.8 Å². The molecule has 0 spiro atoms. The van der Waals surface area contributed by atoms with E-state index in [-0.39, 0.29) is 12.4 Å². The minimum absolute atomic E-state index is 0.00698. The van der Waals surface area contributed by atoms with E-state index in [1.54, 1.807) is 19.1 Å². The predicted molar refractivity (Wildman–Crippen MR) is 112 cm³/mol. The molecule has 0 fully saturated rings. The molecule has 1 aromatic carbocycles. The van der Waals surface area contributed by atoms with Gasteiger partial charge in [0.25, 0.3) is 0 Å². The smallest absolute Gasteiger partial charge is 0.337 e. The number of amides is 1. The molecule has 0 saturated heterocycles. The van der Waals surface area contributed by atoms with Crippen LogP contribution in [0.3, 0.4) is 0 Å². The molecular formula is C21H23N3O4S. The number of ether oxygens (including phenoxy) is 2. The highest BCUT2D eigenvalue weighted by Crippen LogP contribution is 2.41. The SMILES string of the molecule is C=CCOC(=O)C1=C(C)NC(SCC(N)=O)=C(C#N)[C@@H]1c1ccc(OCC)cc1. The van der Waals surface area contributed by atoms with Crippen molar-refractivity contribution < 1.29 is 19.1 Å². The van der Waals surface area contributed by atoms with Crippen LogP contribution in [-0.2, 0) is 14.3 Å². The minimum atomic E-state index is -0.649. The minimum Gasteiger partial charge on any atom is -0.494 e. The molecule has 152 valence electrons. The van der Waals surface area contributed by atoms with Gasteiger partial charge in [0.15, 0.2) is 0 Å². The Bertz CT molecular complexity index is 897. The molecule has 29 heavy (non-hydrogen) atoms. The number of benzene rings is 1. The highest BCUT2D eigenvalue weighted by molar-refractivity contribution is 8.03. The number of esters is 1. The molecule has 1 aliphatic heterocycles. The summed E-state index contributed by atoms with van der Waals surface area (Å²) in [7, 11) is 0. The van der Waals surface area contributed by atoms with Gasteiger partial charge in [-0.15, -0.1) is 0 Å².